The van der Waals surface area contributed by atoms with Gasteiger partial charge in [-0.15, -0.1) is 5.10 Å². The van der Waals surface area contributed by atoms with Gasteiger partial charge < -0.3 is 4.57 Å². The molecule has 0 radical (unpaired) electrons. The van der Waals surface area contributed by atoms with Crippen molar-refractivity contribution in [2.75, 3.05) is 0 Å². The highest BCUT2D eigenvalue weighted by Crippen LogP contribution is 2.17. The van der Waals surface area contributed by atoms with E-state index in [4.69, 9.17) is 0 Å². The van der Waals surface area contributed by atoms with E-state index in [2.05, 4.69) is 37.2 Å². The van der Waals surface area contributed by atoms with Gasteiger partial charge >= 0.3 is 0 Å². The van der Waals surface area contributed by atoms with Gasteiger partial charge in [0, 0.05) is 18.6 Å². The van der Waals surface area contributed by atoms with Crippen LogP contribution in [0.1, 0.15) is 46.6 Å². The maximum atomic E-state index is 4.06. The summed E-state index contributed by atoms with van der Waals surface area (Å²) in [5.41, 5.74) is 2.30. The van der Waals surface area contributed by atoms with Crippen LogP contribution in [0, 0.1) is 0 Å². The van der Waals surface area contributed by atoms with Crippen molar-refractivity contribution in [3.8, 4) is 0 Å². The number of rotatable bonds is 1. The Balaban J connectivity index is 0.000000450. The van der Waals surface area contributed by atoms with Gasteiger partial charge in [0.2, 0.25) is 0 Å². The average molecular weight is 235 g/mol. The molecule has 0 unspecified atom stereocenters. The number of hydrogen-bond acceptors (Lipinski definition) is 2. The fourth-order valence-electron chi connectivity index (χ4n) is 1.48. The molecule has 0 saturated heterocycles. The van der Waals surface area contributed by atoms with Crippen LogP contribution in [0.3, 0.4) is 0 Å². The highest BCUT2D eigenvalue weighted by molar-refractivity contribution is 5.79. The zero-order valence-electron chi connectivity index (χ0n) is 12.0. The Bertz CT molecular complexity index is 418. The highest BCUT2D eigenvalue weighted by atomic mass is 15.2. The molecule has 2 aromatic heterocycles. The summed E-state index contributed by atoms with van der Waals surface area (Å²) in [4.78, 5) is 0. The van der Waals surface area contributed by atoms with Crippen molar-refractivity contribution in [2.45, 2.75) is 47.5 Å². The van der Waals surface area contributed by atoms with E-state index in [-0.39, 0.29) is 0 Å². The van der Waals surface area contributed by atoms with Gasteiger partial charge in [0.1, 0.15) is 0 Å². The Kier molecular flexibility index (Phi) is 8.03. The van der Waals surface area contributed by atoms with Crippen LogP contribution in [0.4, 0.5) is 0 Å². The van der Waals surface area contributed by atoms with Crippen molar-refractivity contribution in [3.05, 3.63) is 24.0 Å². The van der Waals surface area contributed by atoms with Crippen LogP contribution in [0.5, 0.6) is 0 Å². The molecular weight excluding hydrogens is 210 g/mol. The second-order valence-electron chi connectivity index (χ2n) is 3.59. The first-order valence-electron chi connectivity index (χ1n) is 6.50. The maximum absolute atomic E-state index is 4.06. The van der Waals surface area contributed by atoms with Gasteiger partial charge in [0.05, 0.1) is 6.20 Å². The van der Waals surface area contributed by atoms with Crippen LogP contribution in [0.15, 0.2) is 18.5 Å². The van der Waals surface area contributed by atoms with E-state index < -0.39 is 0 Å². The fourth-order valence-corrected chi connectivity index (χ4v) is 1.48. The molecule has 3 heteroatoms. The van der Waals surface area contributed by atoms with Gasteiger partial charge in [-0.05, 0) is 18.1 Å². The summed E-state index contributed by atoms with van der Waals surface area (Å²) in [7, 11) is 2.00. The smallest absolute Gasteiger partial charge is 0.162 e. The molecule has 0 aromatic carbocycles. The number of aromatic nitrogens is 3. The van der Waals surface area contributed by atoms with Crippen molar-refractivity contribution in [2.24, 2.45) is 7.05 Å². The number of fused-ring (bicyclic) bond motifs is 1. The van der Waals surface area contributed by atoms with E-state index in [1.807, 2.05) is 31.5 Å². The van der Waals surface area contributed by atoms with Crippen LogP contribution in [-0.2, 0) is 13.5 Å². The third kappa shape index (κ3) is 4.17. The molecular formula is C14H25N3. The molecule has 2 aromatic rings. The molecule has 0 spiro atoms. The number of aryl methyl sites for hydroxylation is 2. The van der Waals surface area contributed by atoms with Crippen LogP contribution >= 0.6 is 0 Å². The standard InChI is InChI=1S/C9H11N3.C3H8.C2H6/c1-3-7-6-12(2)9-8(7)4-5-10-11-9;1-3-2;1-2/h4-6H,3H2,1-2H3;3H2,1-2H3;1-2H3. The zero-order valence-corrected chi connectivity index (χ0v) is 12.0. The topological polar surface area (TPSA) is 30.7 Å². The lowest BCUT2D eigenvalue weighted by Crippen LogP contribution is -1.88. The first-order valence-corrected chi connectivity index (χ1v) is 6.50. The zero-order chi connectivity index (χ0) is 13.3. The van der Waals surface area contributed by atoms with Gasteiger partial charge in [-0.2, -0.15) is 5.10 Å². The average Bonchev–Trinajstić information content (AvgIpc) is 2.70. The minimum Gasteiger partial charge on any atom is -0.334 e. The quantitative estimate of drug-likeness (QED) is 0.748. The normalized spacial score (nSPS) is 9.06. The molecule has 0 bridgehead atoms. The minimum atomic E-state index is 0.967. The molecule has 2 rings (SSSR count). The monoisotopic (exact) mass is 235 g/mol. The second kappa shape index (κ2) is 8.74. The lowest BCUT2D eigenvalue weighted by Gasteiger charge is -1.90. The van der Waals surface area contributed by atoms with Crippen LogP contribution in [0.2, 0.25) is 0 Å². The molecule has 0 atom stereocenters. The predicted octanol–water partition coefficient (Wildman–Crippen LogP) is 3.97. The summed E-state index contributed by atoms with van der Waals surface area (Å²) in [5.74, 6) is 0. The summed E-state index contributed by atoms with van der Waals surface area (Å²) >= 11 is 0. The Morgan fingerprint density at radius 1 is 1.18 bits per heavy atom. The molecule has 0 amide bonds. The minimum absolute atomic E-state index is 0.967. The van der Waals surface area contributed by atoms with Crippen LogP contribution in [-0.4, -0.2) is 14.8 Å². The van der Waals surface area contributed by atoms with Crippen molar-refractivity contribution >= 4 is 11.0 Å². The van der Waals surface area contributed by atoms with E-state index in [0.717, 1.165) is 12.1 Å². The van der Waals surface area contributed by atoms with E-state index in [9.17, 15) is 0 Å². The molecule has 2 heterocycles. The summed E-state index contributed by atoms with van der Waals surface area (Å²) < 4.78 is 2.02. The molecule has 17 heavy (non-hydrogen) atoms. The summed E-state index contributed by atoms with van der Waals surface area (Å²) in [6.07, 6.45) is 6.14. The van der Waals surface area contributed by atoms with E-state index >= 15 is 0 Å². The molecule has 0 fully saturated rings. The maximum Gasteiger partial charge on any atom is 0.162 e. The molecule has 0 saturated carbocycles. The van der Waals surface area contributed by atoms with Gasteiger partial charge in [0.25, 0.3) is 0 Å². The summed E-state index contributed by atoms with van der Waals surface area (Å²) in [6.45, 7) is 10.4. The van der Waals surface area contributed by atoms with E-state index in [1.54, 1.807) is 6.20 Å². The summed E-state index contributed by atoms with van der Waals surface area (Å²) in [5, 5.41) is 9.13. The van der Waals surface area contributed by atoms with E-state index in [1.165, 1.54) is 17.4 Å². The third-order valence-electron chi connectivity index (χ3n) is 2.11. The van der Waals surface area contributed by atoms with Crippen molar-refractivity contribution in [1.29, 1.82) is 0 Å². The Morgan fingerprint density at radius 3 is 2.29 bits per heavy atom. The highest BCUT2D eigenvalue weighted by Gasteiger charge is 2.04. The first-order chi connectivity index (χ1) is 8.24. The first kappa shape index (κ1) is 15.6. The molecule has 0 aliphatic heterocycles. The molecule has 96 valence electrons. The number of hydrogen-bond donors (Lipinski definition) is 0. The lowest BCUT2D eigenvalue weighted by atomic mass is 10.2. The van der Waals surface area contributed by atoms with Crippen molar-refractivity contribution in [3.63, 3.8) is 0 Å². The van der Waals surface area contributed by atoms with Gasteiger partial charge in [-0.1, -0.05) is 41.0 Å². The molecule has 0 aliphatic carbocycles. The van der Waals surface area contributed by atoms with Crippen molar-refractivity contribution < 1.29 is 0 Å². The molecule has 0 N–H and O–H groups in total. The van der Waals surface area contributed by atoms with Crippen LogP contribution in [0.25, 0.3) is 11.0 Å². The summed E-state index contributed by atoms with van der Waals surface area (Å²) in [6, 6.07) is 2.02. The van der Waals surface area contributed by atoms with E-state index in [0.29, 0.717) is 0 Å². The lowest BCUT2D eigenvalue weighted by molar-refractivity contribution is 0.911. The van der Waals surface area contributed by atoms with Gasteiger partial charge in [-0.3, -0.25) is 0 Å². The Hall–Kier alpha value is -1.38. The Labute approximate surface area is 105 Å². The van der Waals surface area contributed by atoms with Gasteiger partial charge in [0.15, 0.2) is 5.65 Å². The Morgan fingerprint density at radius 2 is 1.76 bits per heavy atom. The number of nitrogens with zero attached hydrogens (tertiary/aromatic N) is 3. The van der Waals surface area contributed by atoms with Crippen molar-refractivity contribution in [1.82, 2.24) is 14.8 Å². The molecule has 0 aliphatic rings. The SMILES string of the molecule is CC.CCC.CCc1cn(C)c2nnccc12. The second-order valence-corrected chi connectivity index (χ2v) is 3.59. The van der Waals surface area contributed by atoms with Gasteiger partial charge in [-0.25, -0.2) is 0 Å². The van der Waals surface area contributed by atoms with Crippen LogP contribution < -0.4 is 0 Å². The predicted molar refractivity (Wildman–Crippen MR) is 75.2 cm³/mol. The molecule has 3 nitrogen and oxygen atoms in total. The fraction of sp³-hybridized carbons (Fsp3) is 0.571. The largest absolute Gasteiger partial charge is 0.334 e. The third-order valence-corrected chi connectivity index (χ3v) is 2.11.